The SMILES string of the molecule is CCOC1(C(C)CC)CCCC[Si]1(OCC)OCC. The Bertz CT molecular complexity index is 244. The molecule has 1 saturated heterocycles. The number of rotatable bonds is 8. The second-order valence-corrected chi connectivity index (χ2v) is 8.89. The zero-order valence-corrected chi connectivity index (χ0v) is 14.5. The highest BCUT2D eigenvalue weighted by atomic mass is 28.4. The minimum atomic E-state index is -2.29. The summed E-state index contributed by atoms with van der Waals surface area (Å²) in [5, 5.41) is -0.152. The molecule has 1 rings (SSSR count). The lowest BCUT2D eigenvalue weighted by Crippen LogP contribution is -2.68. The first-order chi connectivity index (χ1) is 9.12. The molecule has 1 fully saturated rings. The maximum absolute atomic E-state index is 6.36. The summed E-state index contributed by atoms with van der Waals surface area (Å²) in [4.78, 5) is 0. The van der Waals surface area contributed by atoms with Crippen LogP contribution in [0.3, 0.4) is 0 Å². The predicted molar refractivity (Wildman–Crippen MR) is 81.5 cm³/mol. The summed E-state index contributed by atoms with van der Waals surface area (Å²) < 4.78 is 18.9. The van der Waals surface area contributed by atoms with Gasteiger partial charge in [0.2, 0.25) is 0 Å². The molecule has 0 aromatic rings. The second kappa shape index (κ2) is 7.77. The third-order valence-corrected chi connectivity index (χ3v) is 9.21. The molecule has 2 atom stereocenters. The van der Waals surface area contributed by atoms with Crippen molar-refractivity contribution in [1.29, 1.82) is 0 Å². The molecule has 0 amide bonds. The van der Waals surface area contributed by atoms with Gasteiger partial charge in [-0.2, -0.15) is 0 Å². The van der Waals surface area contributed by atoms with E-state index in [4.69, 9.17) is 13.6 Å². The quantitative estimate of drug-likeness (QED) is 0.631. The summed E-state index contributed by atoms with van der Waals surface area (Å²) in [6, 6.07) is 1.08. The molecule has 2 unspecified atom stereocenters. The van der Waals surface area contributed by atoms with Crippen molar-refractivity contribution in [3.63, 3.8) is 0 Å². The fourth-order valence-corrected chi connectivity index (χ4v) is 8.39. The van der Waals surface area contributed by atoms with Crippen molar-refractivity contribution < 1.29 is 13.6 Å². The summed E-state index contributed by atoms with van der Waals surface area (Å²) in [5.74, 6) is 0.498. The van der Waals surface area contributed by atoms with Crippen molar-refractivity contribution >= 4 is 8.56 Å². The third-order valence-electron chi connectivity index (χ3n) is 4.51. The molecule has 114 valence electrons. The average molecular weight is 289 g/mol. The minimum absolute atomic E-state index is 0.152. The number of hydrogen-bond acceptors (Lipinski definition) is 3. The summed E-state index contributed by atoms with van der Waals surface area (Å²) in [5.41, 5.74) is 0. The van der Waals surface area contributed by atoms with Crippen LogP contribution in [0.15, 0.2) is 0 Å². The molecule has 19 heavy (non-hydrogen) atoms. The lowest BCUT2D eigenvalue weighted by atomic mass is 9.95. The van der Waals surface area contributed by atoms with Crippen LogP contribution in [-0.4, -0.2) is 33.6 Å². The van der Waals surface area contributed by atoms with Gasteiger partial charge in [-0.05, 0) is 39.2 Å². The van der Waals surface area contributed by atoms with Crippen molar-refractivity contribution in [2.75, 3.05) is 19.8 Å². The molecule has 4 heteroatoms. The molecule has 0 aromatic carbocycles. The van der Waals surface area contributed by atoms with Crippen LogP contribution < -0.4 is 0 Å². The van der Waals surface area contributed by atoms with Gasteiger partial charge in [-0.3, -0.25) is 0 Å². The fraction of sp³-hybridized carbons (Fsp3) is 1.00. The van der Waals surface area contributed by atoms with E-state index >= 15 is 0 Å². The van der Waals surface area contributed by atoms with Crippen molar-refractivity contribution in [1.82, 2.24) is 0 Å². The Hall–Kier alpha value is 0.0969. The molecule has 1 aliphatic heterocycles. The van der Waals surface area contributed by atoms with Crippen LogP contribution >= 0.6 is 0 Å². The second-order valence-electron chi connectivity index (χ2n) is 5.46. The van der Waals surface area contributed by atoms with Gasteiger partial charge >= 0.3 is 8.56 Å². The van der Waals surface area contributed by atoms with E-state index in [2.05, 4.69) is 34.6 Å². The first kappa shape index (κ1) is 17.1. The summed E-state index contributed by atoms with van der Waals surface area (Å²) in [6.45, 7) is 13.0. The van der Waals surface area contributed by atoms with Gasteiger partial charge in [-0.1, -0.05) is 33.1 Å². The molecular weight excluding hydrogens is 256 g/mol. The van der Waals surface area contributed by atoms with E-state index in [0.29, 0.717) is 5.92 Å². The van der Waals surface area contributed by atoms with Crippen LogP contribution in [0, 0.1) is 5.92 Å². The third kappa shape index (κ3) is 3.23. The molecular formula is C15H32O3Si. The Labute approximate surface area is 120 Å². The van der Waals surface area contributed by atoms with Crippen molar-refractivity contribution in [3.05, 3.63) is 0 Å². The van der Waals surface area contributed by atoms with Gasteiger partial charge in [0.05, 0.1) is 0 Å². The van der Waals surface area contributed by atoms with Crippen LogP contribution in [0.2, 0.25) is 6.04 Å². The fourth-order valence-electron chi connectivity index (χ4n) is 3.58. The predicted octanol–water partition coefficient (Wildman–Crippen LogP) is 4.05. The van der Waals surface area contributed by atoms with Crippen LogP contribution in [0.5, 0.6) is 0 Å². The van der Waals surface area contributed by atoms with Gasteiger partial charge in [-0.25, -0.2) is 0 Å². The summed E-state index contributed by atoms with van der Waals surface area (Å²) >= 11 is 0. The van der Waals surface area contributed by atoms with Gasteiger partial charge in [-0.15, -0.1) is 0 Å². The Morgan fingerprint density at radius 3 is 2.11 bits per heavy atom. The molecule has 0 spiro atoms. The maximum atomic E-state index is 6.36. The van der Waals surface area contributed by atoms with E-state index in [9.17, 15) is 0 Å². The van der Waals surface area contributed by atoms with Crippen LogP contribution in [-0.2, 0) is 13.6 Å². The van der Waals surface area contributed by atoms with Crippen molar-refractivity contribution in [2.45, 2.75) is 71.6 Å². The smallest absolute Gasteiger partial charge is 0.371 e. The van der Waals surface area contributed by atoms with Crippen molar-refractivity contribution in [2.24, 2.45) is 5.92 Å². The molecule has 0 aliphatic carbocycles. The van der Waals surface area contributed by atoms with E-state index in [1.165, 1.54) is 12.8 Å². The Kier molecular flexibility index (Phi) is 7.01. The normalized spacial score (nSPS) is 28.3. The highest BCUT2D eigenvalue weighted by Gasteiger charge is 2.62. The first-order valence-corrected chi connectivity index (χ1v) is 10.1. The lowest BCUT2D eigenvalue weighted by molar-refractivity contribution is -0.0732. The molecule has 1 heterocycles. The molecule has 0 aromatic heterocycles. The minimum Gasteiger partial charge on any atom is -0.393 e. The first-order valence-electron chi connectivity index (χ1n) is 8.04. The van der Waals surface area contributed by atoms with E-state index in [1.54, 1.807) is 0 Å². The highest BCUT2D eigenvalue weighted by Crippen LogP contribution is 2.46. The van der Waals surface area contributed by atoms with Gasteiger partial charge in [0.15, 0.2) is 0 Å². The van der Waals surface area contributed by atoms with Gasteiger partial charge in [0.1, 0.15) is 5.22 Å². The Balaban J connectivity index is 3.16. The highest BCUT2D eigenvalue weighted by molar-refractivity contribution is 6.70. The average Bonchev–Trinajstić information content (AvgIpc) is 2.41. The number of hydrogen-bond donors (Lipinski definition) is 0. The van der Waals surface area contributed by atoms with E-state index in [0.717, 1.165) is 38.7 Å². The maximum Gasteiger partial charge on any atom is 0.371 e. The van der Waals surface area contributed by atoms with Crippen LogP contribution in [0.1, 0.15) is 60.3 Å². The summed E-state index contributed by atoms with van der Waals surface area (Å²) in [6.07, 6.45) is 4.67. The lowest BCUT2D eigenvalue weighted by Gasteiger charge is -2.52. The molecule has 0 radical (unpaired) electrons. The zero-order chi connectivity index (χ0) is 14.4. The largest absolute Gasteiger partial charge is 0.393 e. The topological polar surface area (TPSA) is 27.7 Å². The zero-order valence-electron chi connectivity index (χ0n) is 13.5. The molecule has 3 nitrogen and oxygen atoms in total. The van der Waals surface area contributed by atoms with Gasteiger partial charge < -0.3 is 13.6 Å². The molecule has 1 aliphatic rings. The standard InChI is InChI=1S/C15H32O3Si/c1-6-14(5)15(16-7-2)12-10-11-13-19(15,17-8-3)18-9-4/h14H,6-13H2,1-5H3. The van der Waals surface area contributed by atoms with Crippen LogP contribution in [0.25, 0.3) is 0 Å². The Morgan fingerprint density at radius 2 is 1.63 bits per heavy atom. The molecule has 0 bridgehead atoms. The van der Waals surface area contributed by atoms with Gasteiger partial charge in [0, 0.05) is 19.8 Å². The monoisotopic (exact) mass is 288 g/mol. The summed E-state index contributed by atoms with van der Waals surface area (Å²) in [7, 11) is -2.29. The Morgan fingerprint density at radius 1 is 1.00 bits per heavy atom. The van der Waals surface area contributed by atoms with E-state index in [1.807, 2.05) is 0 Å². The molecule has 0 saturated carbocycles. The van der Waals surface area contributed by atoms with Crippen molar-refractivity contribution in [3.8, 4) is 0 Å². The van der Waals surface area contributed by atoms with Crippen LogP contribution in [0.4, 0.5) is 0 Å². The number of ether oxygens (including phenoxy) is 1. The molecule has 0 N–H and O–H groups in total. The van der Waals surface area contributed by atoms with E-state index < -0.39 is 8.56 Å². The van der Waals surface area contributed by atoms with Gasteiger partial charge in [0.25, 0.3) is 0 Å². The van der Waals surface area contributed by atoms with E-state index in [-0.39, 0.29) is 5.22 Å².